The van der Waals surface area contributed by atoms with Crippen LogP contribution >= 0.6 is 11.3 Å². The van der Waals surface area contributed by atoms with Crippen molar-refractivity contribution in [3.63, 3.8) is 0 Å². The second kappa shape index (κ2) is 5.95. The molecule has 0 saturated heterocycles. The van der Waals surface area contributed by atoms with Gasteiger partial charge in [-0.1, -0.05) is 6.92 Å². The number of nitrogens with zero attached hydrogens (tertiary/aromatic N) is 2. The van der Waals surface area contributed by atoms with Crippen molar-refractivity contribution in [3.8, 4) is 5.88 Å². The van der Waals surface area contributed by atoms with Gasteiger partial charge in [0.05, 0.1) is 5.39 Å². The van der Waals surface area contributed by atoms with E-state index >= 15 is 0 Å². The number of hydrogen-bond donors (Lipinski definition) is 1. The lowest BCUT2D eigenvalue weighted by molar-refractivity contribution is 0.204. The summed E-state index contributed by atoms with van der Waals surface area (Å²) in [5.41, 5.74) is 0. The predicted octanol–water partition coefficient (Wildman–Crippen LogP) is 4.14. The Bertz CT molecular complexity index is 590. The molecule has 0 radical (unpaired) electrons. The third-order valence-electron chi connectivity index (χ3n) is 3.59. The van der Waals surface area contributed by atoms with Crippen LogP contribution in [0, 0.1) is 6.92 Å². The highest BCUT2D eigenvalue weighted by molar-refractivity contribution is 7.18. The van der Waals surface area contributed by atoms with Gasteiger partial charge in [-0.05, 0) is 45.1 Å². The number of ether oxygens (including phenoxy) is 1. The lowest BCUT2D eigenvalue weighted by atomic mass is 10.3. The first kappa shape index (κ1) is 13.6. The quantitative estimate of drug-likeness (QED) is 0.899. The third-order valence-corrected chi connectivity index (χ3v) is 4.54. The Morgan fingerprint density at radius 3 is 2.90 bits per heavy atom. The van der Waals surface area contributed by atoms with Crippen LogP contribution in [0.15, 0.2) is 6.07 Å². The molecule has 0 aliphatic heterocycles. The standard InChI is InChI=1S/C15H21N3OS/c1-3-8-16-15-17-13(19-11-6-4-5-7-11)12-9-10(2)20-14(12)18-15/h9,11H,3-8H2,1-2H3,(H,16,17,18). The van der Waals surface area contributed by atoms with Crippen molar-refractivity contribution in [2.24, 2.45) is 0 Å². The van der Waals surface area contributed by atoms with E-state index in [-0.39, 0.29) is 0 Å². The molecule has 0 bridgehead atoms. The van der Waals surface area contributed by atoms with Crippen molar-refractivity contribution in [3.05, 3.63) is 10.9 Å². The van der Waals surface area contributed by atoms with Gasteiger partial charge in [-0.3, -0.25) is 0 Å². The predicted molar refractivity (Wildman–Crippen MR) is 83.8 cm³/mol. The summed E-state index contributed by atoms with van der Waals surface area (Å²) in [6.45, 7) is 5.13. The zero-order valence-corrected chi connectivity index (χ0v) is 12.9. The fraction of sp³-hybridized carbons (Fsp3) is 0.600. The van der Waals surface area contributed by atoms with Gasteiger partial charge in [-0.25, -0.2) is 4.98 Å². The maximum absolute atomic E-state index is 6.14. The number of anilines is 1. The largest absolute Gasteiger partial charge is 0.474 e. The van der Waals surface area contributed by atoms with Gasteiger partial charge in [0.2, 0.25) is 11.8 Å². The molecule has 5 heteroatoms. The molecular weight excluding hydrogens is 270 g/mol. The Morgan fingerprint density at radius 2 is 2.15 bits per heavy atom. The summed E-state index contributed by atoms with van der Waals surface area (Å²) >= 11 is 1.70. The van der Waals surface area contributed by atoms with Crippen molar-refractivity contribution in [2.75, 3.05) is 11.9 Å². The smallest absolute Gasteiger partial charge is 0.227 e. The zero-order chi connectivity index (χ0) is 13.9. The fourth-order valence-corrected chi connectivity index (χ4v) is 3.46. The fourth-order valence-electron chi connectivity index (χ4n) is 2.59. The van der Waals surface area contributed by atoms with Crippen molar-refractivity contribution < 1.29 is 4.74 Å². The van der Waals surface area contributed by atoms with Crippen LogP contribution in [-0.2, 0) is 0 Å². The summed E-state index contributed by atoms with van der Waals surface area (Å²) in [7, 11) is 0. The highest BCUT2D eigenvalue weighted by Gasteiger charge is 2.20. The lowest BCUT2D eigenvalue weighted by Gasteiger charge is -2.14. The van der Waals surface area contributed by atoms with Gasteiger partial charge in [0.1, 0.15) is 10.9 Å². The lowest BCUT2D eigenvalue weighted by Crippen LogP contribution is -2.13. The average Bonchev–Trinajstić information content (AvgIpc) is 3.05. The molecule has 0 aromatic carbocycles. The number of aryl methyl sites for hydroxylation is 1. The van der Waals surface area contributed by atoms with Crippen LogP contribution in [0.1, 0.15) is 43.9 Å². The molecule has 1 N–H and O–H groups in total. The van der Waals surface area contributed by atoms with Crippen LogP contribution in [-0.4, -0.2) is 22.6 Å². The molecule has 1 aliphatic rings. The summed E-state index contributed by atoms with van der Waals surface area (Å²) < 4.78 is 6.14. The molecule has 0 atom stereocenters. The Kier molecular flexibility index (Phi) is 4.05. The molecule has 4 nitrogen and oxygen atoms in total. The first-order valence-electron chi connectivity index (χ1n) is 7.45. The number of rotatable bonds is 5. The normalized spacial score (nSPS) is 15.9. The van der Waals surface area contributed by atoms with Crippen molar-refractivity contribution in [1.82, 2.24) is 9.97 Å². The minimum Gasteiger partial charge on any atom is -0.474 e. The van der Waals surface area contributed by atoms with Crippen LogP contribution in [0.4, 0.5) is 5.95 Å². The van der Waals surface area contributed by atoms with Crippen molar-refractivity contribution in [1.29, 1.82) is 0 Å². The van der Waals surface area contributed by atoms with E-state index in [1.54, 1.807) is 11.3 Å². The highest BCUT2D eigenvalue weighted by atomic mass is 32.1. The Morgan fingerprint density at radius 1 is 1.35 bits per heavy atom. The van der Waals surface area contributed by atoms with Gasteiger partial charge in [0.25, 0.3) is 0 Å². The topological polar surface area (TPSA) is 47.0 Å². The Hall–Kier alpha value is -1.36. The van der Waals surface area contributed by atoms with Crippen LogP contribution in [0.2, 0.25) is 0 Å². The molecule has 1 saturated carbocycles. The first-order valence-corrected chi connectivity index (χ1v) is 8.26. The number of nitrogens with one attached hydrogen (secondary N) is 1. The summed E-state index contributed by atoms with van der Waals surface area (Å²) in [6, 6.07) is 2.13. The van der Waals surface area contributed by atoms with Gasteiger partial charge in [0, 0.05) is 11.4 Å². The summed E-state index contributed by atoms with van der Waals surface area (Å²) in [5, 5.41) is 4.32. The van der Waals surface area contributed by atoms with E-state index < -0.39 is 0 Å². The molecule has 2 aromatic rings. The molecule has 0 spiro atoms. The number of hydrogen-bond acceptors (Lipinski definition) is 5. The molecule has 1 fully saturated rings. The van der Waals surface area contributed by atoms with E-state index in [0.29, 0.717) is 12.1 Å². The molecule has 2 heterocycles. The molecule has 3 rings (SSSR count). The van der Waals surface area contributed by atoms with Gasteiger partial charge in [0.15, 0.2) is 0 Å². The van der Waals surface area contributed by atoms with Crippen LogP contribution in [0.3, 0.4) is 0 Å². The van der Waals surface area contributed by atoms with Gasteiger partial charge in [-0.15, -0.1) is 11.3 Å². The Labute approximate surface area is 123 Å². The SMILES string of the molecule is CCCNc1nc(OC2CCCC2)c2cc(C)sc2n1. The molecule has 0 unspecified atom stereocenters. The number of fused-ring (bicyclic) bond motifs is 1. The van der Waals surface area contributed by atoms with Gasteiger partial charge in [-0.2, -0.15) is 4.98 Å². The zero-order valence-electron chi connectivity index (χ0n) is 12.1. The average molecular weight is 291 g/mol. The number of aromatic nitrogens is 2. The molecule has 1 aliphatic carbocycles. The minimum absolute atomic E-state index is 0.326. The van der Waals surface area contributed by atoms with E-state index in [1.165, 1.54) is 17.7 Å². The monoisotopic (exact) mass is 291 g/mol. The minimum atomic E-state index is 0.326. The summed E-state index contributed by atoms with van der Waals surface area (Å²) in [4.78, 5) is 11.4. The Balaban J connectivity index is 1.93. The molecule has 0 amide bonds. The molecular formula is C15H21N3OS. The number of thiophene rings is 1. The van der Waals surface area contributed by atoms with Crippen LogP contribution in [0.5, 0.6) is 5.88 Å². The maximum Gasteiger partial charge on any atom is 0.227 e. The summed E-state index contributed by atoms with van der Waals surface area (Å²) in [6.07, 6.45) is 6.21. The second-order valence-electron chi connectivity index (χ2n) is 5.38. The molecule has 20 heavy (non-hydrogen) atoms. The van der Waals surface area contributed by atoms with Crippen LogP contribution in [0.25, 0.3) is 10.2 Å². The third kappa shape index (κ3) is 2.87. The van der Waals surface area contributed by atoms with E-state index in [9.17, 15) is 0 Å². The molecule has 2 aromatic heterocycles. The van der Waals surface area contributed by atoms with E-state index in [4.69, 9.17) is 4.74 Å². The highest BCUT2D eigenvalue weighted by Crippen LogP contribution is 2.33. The second-order valence-corrected chi connectivity index (χ2v) is 6.61. The summed E-state index contributed by atoms with van der Waals surface area (Å²) in [5.74, 6) is 1.44. The van der Waals surface area contributed by atoms with Gasteiger partial charge < -0.3 is 10.1 Å². The van der Waals surface area contributed by atoms with Gasteiger partial charge >= 0.3 is 0 Å². The maximum atomic E-state index is 6.14. The van der Waals surface area contributed by atoms with E-state index in [1.807, 2.05) is 0 Å². The van der Waals surface area contributed by atoms with Crippen LogP contribution < -0.4 is 10.1 Å². The van der Waals surface area contributed by atoms with E-state index in [2.05, 4.69) is 35.2 Å². The van der Waals surface area contributed by atoms with Crippen molar-refractivity contribution >= 4 is 27.5 Å². The first-order chi connectivity index (χ1) is 9.76. The molecule has 108 valence electrons. The van der Waals surface area contributed by atoms with E-state index in [0.717, 1.165) is 41.9 Å². The van der Waals surface area contributed by atoms with Crippen molar-refractivity contribution in [2.45, 2.75) is 52.1 Å².